The molecule has 102 valence electrons. The molecule has 1 aliphatic heterocycles. The van der Waals surface area contributed by atoms with Gasteiger partial charge in [0, 0.05) is 17.8 Å². The van der Waals surface area contributed by atoms with Gasteiger partial charge in [0.2, 0.25) is 11.8 Å². The minimum atomic E-state index is -0.362. The summed E-state index contributed by atoms with van der Waals surface area (Å²) in [6, 6.07) is 4.40. The predicted octanol–water partition coefficient (Wildman–Crippen LogP) is 0.211. The Morgan fingerprint density at radius 1 is 1.47 bits per heavy atom. The lowest BCUT2D eigenvalue weighted by Crippen LogP contribution is -2.57. The quantitative estimate of drug-likeness (QED) is 0.411. The molecule has 1 heterocycles. The van der Waals surface area contributed by atoms with Gasteiger partial charge in [-0.1, -0.05) is 6.92 Å². The Balaban J connectivity index is 2.22. The maximum absolute atomic E-state index is 11.7. The van der Waals surface area contributed by atoms with Crippen molar-refractivity contribution in [1.29, 1.82) is 0 Å². The first-order valence-corrected chi connectivity index (χ1v) is 6.16. The molecule has 2 rings (SSSR count). The topological polar surface area (TPSA) is 95.7 Å². The van der Waals surface area contributed by atoms with E-state index in [-0.39, 0.29) is 30.2 Å². The second-order valence-electron chi connectivity index (χ2n) is 4.63. The smallest absolute Gasteiger partial charge is 0.243 e. The molecule has 6 heteroatoms. The molecule has 0 bridgehead atoms. The molecular weight excluding hydrogens is 246 g/mol. The summed E-state index contributed by atoms with van der Waals surface area (Å²) in [5, 5.41) is 12.1. The van der Waals surface area contributed by atoms with Gasteiger partial charge in [-0.25, -0.2) is 0 Å². The maximum Gasteiger partial charge on any atom is 0.243 e. The third-order valence-electron chi connectivity index (χ3n) is 3.22. The van der Waals surface area contributed by atoms with Crippen LogP contribution in [0.2, 0.25) is 0 Å². The summed E-state index contributed by atoms with van der Waals surface area (Å²) in [5.41, 5.74) is 6.83. The average Bonchev–Trinajstić information content (AvgIpc) is 2.33. The molecule has 1 aliphatic rings. The van der Waals surface area contributed by atoms with E-state index >= 15 is 0 Å². The zero-order valence-corrected chi connectivity index (χ0v) is 10.7. The maximum atomic E-state index is 11.7. The number of nitrogens with zero attached hydrogens (tertiary/aromatic N) is 1. The molecule has 1 unspecified atom stereocenters. The lowest BCUT2D eigenvalue weighted by molar-refractivity contribution is -0.140. The largest absolute Gasteiger partial charge is 0.508 e. The Morgan fingerprint density at radius 3 is 2.89 bits per heavy atom. The number of imide groups is 1. The molecule has 0 spiro atoms. The predicted molar refractivity (Wildman–Crippen MR) is 70.2 cm³/mol. The number of anilines is 1. The number of benzene rings is 1. The number of phenolic OH excluding ortho intramolecular Hbond substituents is 1. The van der Waals surface area contributed by atoms with Crippen molar-refractivity contribution in [3.8, 4) is 5.75 Å². The number of hydrogen-bond acceptors (Lipinski definition) is 5. The Morgan fingerprint density at radius 2 is 2.21 bits per heavy atom. The van der Waals surface area contributed by atoms with E-state index in [4.69, 9.17) is 5.73 Å². The Bertz CT molecular complexity index is 516. The highest BCUT2D eigenvalue weighted by molar-refractivity contribution is 6.01. The molecule has 1 aromatic carbocycles. The second-order valence-corrected chi connectivity index (χ2v) is 4.63. The first-order valence-electron chi connectivity index (χ1n) is 6.16. The molecule has 19 heavy (non-hydrogen) atoms. The standard InChI is InChI=1S/C13H17N3O3/c1-2-10-13(19)15-12(18)7-16(10)6-8-5-9(14)3-4-11(8)17/h3-5,10,17H,2,6-7,14H2,1H3,(H,15,18,19). The summed E-state index contributed by atoms with van der Waals surface area (Å²) in [7, 11) is 0. The summed E-state index contributed by atoms with van der Waals surface area (Å²) in [5.74, 6) is -0.497. The van der Waals surface area contributed by atoms with E-state index in [1.165, 1.54) is 6.07 Å². The number of carbonyl (C=O) groups is 2. The first-order chi connectivity index (χ1) is 9.01. The van der Waals surface area contributed by atoms with Crippen LogP contribution in [0.4, 0.5) is 5.69 Å². The van der Waals surface area contributed by atoms with Crippen LogP contribution >= 0.6 is 0 Å². The summed E-state index contributed by atoms with van der Waals surface area (Å²) in [6.45, 7) is 2.33. The number of nitrogens with two attached hydrogens (primary N) is 1. The van der Waals surface area contributed by atoms with Gasteiger partial charge in [0.15, 0.2) is 0 Å². The molecule has 2 amide bonds. The van der Waals surface area contributed by atoms with Gasteiger partial charge in [0.25, 0.3) is 0 Å². The number of hydrogen-bond donors (Lipinski definition) is 3. The molecule has 0 aliphatic carbocycles. The van der Waals surface area contributed by atoms with Gasteiger partial charge < -0.3 is 10.8 Å². The van der Waals surface area contributed by atoms with Crippen LogP contribution < -0.4 is 11.1 Å². The minimum Gasteiger partial charge on any atom is -0.508 e. The van der Waals surface area contributed by atoms with E-state index in [2.05, 4.69) is 5.32 Å². The molecule has 1 fully saturated rings. The molecule has 4 N–H and O–H groups in total. The van der Waals surface area contributed by atoms with E-state index in [0.717, 1.165) is 0 Å². The summed E-state index contributed by atoms with van der Waals surface area (Å²) < 4.78 is 0. The summed E-state index contributed by atoms with van der Waals surface area (Å²) in [6.07, 6.45) is 0.599. The summed E-state index contributed by atoms with van der Waals surface area (Å²) >= 11 is 0. The highest BCUT2D eigenvalue weighted by atomic mass is 16.3. The molecule has 0 radical (unpaired) electrons. The monoisotopic (exact) mass is 263 g/mol. The minimum absolute atomic E-state index is 0.113. The number of nitrogens with one attached hydrogen (secondary N) is 1. The van der Waals surface area contributed by atoms with Crippen molar-refractivity contribution in [2.45, 2.75) is 25.9 Å². The molecule has 1 atom stereocenters. The van der Waals surface area contributed by atoms with Crippen LogP contribution in [0.15, 0.2) is 18.2 Å². The highest BCUT2D eigenvalue weighted by Gasteiger charge is 2.32. The lowest BCUT2D eigenvalue weighted by atomic mass is 10.1. The van der Waals surface area contributed by atoms with Gasteiger partial charge in [-0.3, -0.25) is 19.8 Å². The zero-order valence-electron chi connectivity index (χ0n) is 10.7. The van der Waals surface area contributed by atoms with Crippen molar-refractivity contribution in [2.75, 3.05) is 12.3 Å². The van der Waals surface area contributed by atoms with Crippen molar-refractivity contribution in [2.24, 2.45) is 0 Å². The van der Waals surface area contributed by atoms with Gasteiger partial charge in [-0.15, -0.1) is 0 Å². The van der Waals surface area contributed by atoms with Crippen molar-refractivity contribution in [3.63, 3.8) is 0 Å². The van der Waals surface area contributed by atoms with E-state index in [1.54, 1.807) is 17.0 Å². The number of piperazine rings is 1. The van der Waals surface area contributed by atoms with Crippen LogP contribution in [-0.2, 0) is 16.1 Å². The molecule has 0 aromatic heterocycles. The Labute approximate surface area is 111 Å². The third-order valence-corrected chi connectivity index (χ3v) is 3.22. The van der Waals surface area contributed by atoms with E-state index in [0.29, 0.717) is 24.2 Å². The lowest BCUT2D eigenvalue weighted by Gasteiger charge is -2.33. The highest BCUT2D eigenvalue weighted by Crippen LogP contribution is 2.23. The van der Waals surface area contributed by atoms with E-state index in [1.807, 2.05) is 6.92 Å². The number of rotatable bonds is 3. The van der Waals surface area contributed by atoms with Crippen LogP contribution in [0.5, 0.6) is 5.75 Å². The second kappa shape index (κ2) is 5.27. The van der Waals surface area contributed by atoms with Crippen molar-refractivity contribution >= 4 is 17.5 Å². The molecule has 1 saturated heterocycles. The fourth-order valence-electron chi connectivity index (χ4n) is 2.28. The number of aromatic hydroxyl groups is 1. The van der Waals surface area contributed by atoms with Gasteiger partial charge in [-0.2, -0.15) is 0 Å². The van der Waals surface area contributed by atoms with Crippen molar-refractivity contribution in [1.82, 2.24) is 10.2 Å². The van der Waals surface area contributed by atoms with Crippen LogP contribution in [0.25, 0.3) is 0 Å². The summed E-state index contributed by atoms with van der Waals surface area (Å²) in [4.78, 5) is 24.9. The molecule has 1 aromatic rings. The van der Waals surface area contributed by atoms with E-state index < -0.39 is 0 Å². The Kier molecular flexibility index (Phi) is 3.71. The molecule has 6 nitrogen and oxygen atoms in total. The van der Waals surface area contributed by atoms with Gasteiger partial charge in [-0.05, 0) is 24.6 Å². The Hall–Kier alpha value is -2.08. The zero-order chi connectivity index (χ0) is 14.0. The first kappa shape index (κ1) is 13.4. The number of phenols is 1. The van der Waals surface area contributed by atoms with Gasteiger partial charge in [0.05, 0.1) is 12.6 Å². The van der Waals surface area contributed by atoms with Crippen LogP contribution in [0, 0.1) is 0 Å². The fraction of sp³-hybridized carbons (Fsp3) is 0.385. The number of amides is 2. The number of carbonyl (C=O) groups excluding carboxylic acids is 2. The van der Waals surface area contributed by atoms with Gasteiger partial charge >= 0.3 is 0 Å². The van der Waals surface area contributed by atoms with Crippen LogP contribution in [-0.4, -0.2) is 34.4 Å². The fourth-order valence-corrected chi connectivity index (χ4v) is 2.28. The van der Waals surface area contributed by atoms with Crippen LogP contribution in [0.1, 0.15) is 18.9 Å². The van der Waals surface area contributed by atoms with Crippen molar-refractivity contribution in [3.05, 3.63) is 23.8 Å². The van der Waals surface area contributed by atoms with Crippen molar-refractivity contribution < 1.29 is 14.7 Å². The molecular formula is C13H17N3O3. The van der Waals surface area contributed by atoms with Gasteiger partial charge in [0.1, 0.15) is 5.75 Å². The van der Waals surface area contributed by atoms with E-state index in [9.17, 15) is 14.7 Å². The SMILES string of the molecule is CCC1C(=O)NC(=O)CN1Cc1cc(N)ccc1O. The molecule has 0 saturated carbocycles. The normalized spacial score (nSPS) is 20.4. The third kappa shape index (κ3) is 2.85. The number of nitrogen functional groups attached to an aromatic ring is 1. The average molecular weight is 263 g/mol. The van der Waals surface area contributed by atoms with Crippen LogP contribution in [0.3, 0.4) is 0 Å².